The smallest absolute Gasteiger partial charge is 0.243 e. The van der Waals surface area contributed by atoms with Gasteiger partial charge in [-0.05, 0) is 43.3 Å². The van der Waals surface area contributed by atoms with Crippen LogP contribution in [0.2, 0.25) is 0 Å². The molecule has 1 aliphatic heterocycles. The molecule has 4 rings (SSSR count). The Labute approximate surface area is 180 Å². The first-order valence-corrected chi connectivity index (χ1v) is 12.1. The molecule has 1 N–H and O–H groups in total. The van der Waals surface area contributed by atoms with Crippen molar-refractivity contribution in [1.29, 1.82) is 0 Å². The first kappa shape index (κ1) is 20.9. The van der Waals surface area contributed by atoms with E-state index >= 15 is 0 Å². The van der Waals surface area contributed by atoms with E-state index in [0.717, 1.165) is 10.5 Å². The van der Waals surface area contributed by atoms with E-state index in [9.17, 15) is 13.2 Å². The van der Waals surface area contributed by atoms with Gasteiger partial charge in [-0.1, -0.05) is 12.1 Å². The fourth-order valence-corrected chi connectivity index (χ4v) is 6.09. The summed E-state index contributed by atoms with van der Waals surface area (Å²) in [6, 6.07) is 14.5. The topological polar surface area (TPSA) is 82.6 Å². The number of thiazole rings is 1. The fourth-order valence-electron chi connectivity index (χ4n) is 3.62. The lowest BCUT2D eigenvalue weighted by Crippen LogP contribution is -2.49. The molecule has 9 heteroatoms. The summed E-state index contributed by atoms with van der Waals surface area (Å²) in [7, 11) is -3.56. The van der Waals surface area contributed by atoms with Crippen molar-refractivity contribution in [2.45, 2.75) is 24.8 Å². The molecule has 1 saturated heterocycles. The maximum Gasteiger partial charge on any atom is 0.243 e. The highest BCUT2D eigenvalue weighted by atomic mass is 32.2. The molecular weight excluding hydrogens is 420 g/mol. The number of carbonyl (C=O) groups excluding carboxylic acids is 1. The van der Waals surface area contributed by atoms with Crippen LogP contribution in [-0.2, 0) is 14.8 Å². The second-order valence-corrected chi connectivity index (χ2v) is 10.3. The van der Waals surface area contributed by atoms with Crippen LogP contribution in [0.15, 0.2) is 53.4 Å². The van der Waals surface area contributed by atoms with Crippen molar-refractivity contribution in [1.82, 2.24) is 14.2 Å². The normalized spacial score (nSPS) is 17.1. The summed E-state index contributed by atoms with van der Waals surface area (Å²) in [6.45, 7) is 5.72. The zero-order valence-electron chi connectivity index (χ0n) is 16.9. The minimum Gasteiger partial charge on any atom is -0.326 e. The van der Waals surface area contributed by atoms with Gasteiger partial charge >= 0.3 is 0 Å². The number of amides is 1. The lowest BCUT2D eigenvalue weighted by atomic mass is 10.2. The van der Waals surface area contributed by atoms with Crippen molar-refractivity contribution in [3.8, 4) is 0 Å². The molecule has 1 atom stereocenters. The van der Waals surface area contributed by atoms with Crippen LogP contribution in [0, 0.1) is 0 Å². The molecule has 0 bridgehead atoms. The number of sulfonamides is 1. The minimum atomic E-state index is -3.56. The standard InChI is InChI=1S/C21H24N4O3S2/c1-15(21-23-19-5-3-4-6-20(19)29-21)24-11-13-25(14-12-24)30(27,28)18-9-7-17(8-10-18)22-16(2)26/h3-10,15H,11-14H2,1-2H3,(H,22,26)/t15-/m1/s1. The Morgan fingerprint density at radius 1 is 1.07 bits per heavy atom. The van der Waals surface area contributed by atoms with Gasteiger partial charge in [-0.15, -0.1) is 11.3 Å². The third kappa shape index (κ3) is 4.24. The lowest BCUT2D eigenvalue weighted by molar-refractivity contribution is -0.114. The van der Waals surface area contributed by atoms with Crippen molar-refractivity contribution >= 4 is 43.2 Å². The van der Waals surface area contributed by atoms with Crippen LogP contribution in [0.5, 0.6) is 0 Å². The van der Waals surface area contributed by atoms with Gasteiger partial charge in [-0.25, -0.2) is 13.4 Å². The van der Waals surface area contributed by atoms with Crippen molar-refractivity contribution in [2.75, 3.05) is 31.5 Å². The number of para-hydroxylation sites is 1. The Kier molecular flexibility index (Phi) is 5.88. The lowest BCUT2D eigenvalue weighted by Gasteiger charge is -2.36. The number of benzene rings is 2. The maximum atomic E-state index is 13.0. The van der Waals surface area contributed by atoms with Gasteiger partial charge in [0.15, 0.2) is 0 Å². The number of aromatic nitrogens is 1. The van der Waals surface area contributed by atoms with Gasteiger partial charge in [-0.3, -0.25) is 9.69 Å². The maximum absolute atomic E-state index is 13.0. The molecule has 3 aromatic rings. The highest BCUT2D eigenvalue weighted by Gasteiger charge is 2.31. The van der Waals surface area contributed by atoms with Gasteiger partial charge in [0.1, 0.15) is 5.01 Å². The van der Waals surface area contributed by atoms with E-state index in [1.165, 1.54) is 28.1 Å². The van der Waals surface area contributed by atoms with Gasteiger partial charge in [0.05, 0.1) is 21.2 Å². The number of hydrogen-bond donors (Lipinski definition) is 1. The van der Waals surface area contributed by atoms with Gasteiger partial charge in [0, 0.05) is 38.8 Å². The SMILES string of the molecule is CC(=O)Nc1ccc(S(=O)(=O)N2CCN([C@H](C)c3nc4ccccc4s3)CC2)cc1. The molecule has 1 amide bonds. The molecule has 1 fully saturated rings. The fraction of sp³-hybridized carbons (Fsp3) is 0.333. The summed E-state index contributed by atoms with van der Waals surface area (Å²) < 4.78 is 28.7. The largest absolute Gasteiger partial charge is 0.326 e. The zero-order valence-corrected chi connectivity index (χ0v) is 18.5. The molecule has 1 aliphatic rings. The number of fused-ring (bicyclic) bond motifs is 1. The number of piperazine rings is 1. The highest BCUT2D eigenvalue weighted by molar-refractivity contribution is 7.89. The quantitative estimate of drug-likeness (QED) is 0.653. The van der Waals surface area contributed by atoms with Crippen molar-refractivity contribution in [3.05, 3.63) is 53.5 Å². The minimum absolute atomic E-state index is 0.143. The Morgan fingerprint density at radius 2 is 1.73 bits per heavy atom. The third-order valence-electron chi connectivity index (χ3n) is 5.30. The van der Waals surface area contributed by atoms with E-state index in [4.69, 9.17) is 4.98 Å². The number of anilines is 1. The number of nitrogens with zero attached hydrogens (tertiary/aromatic N) is 3. The van der Waals surface area contributed by atoms with Crippen LogP contribution in [0.1, 0.15) is 24.9 Å². The average molecular weight is 445 g/mol. The van der Waals surface area contributed by atoms with E-state index in [2.05, 4.69) is 23.2 Å². The van der Waals surface area contributed by atoms with E-state index in [1.807, 2.05) is 18.2 Å². The molecule has 0 aliphatic carbocycles. The summed E-state index contributed by atoms with van der Waals surface area (Å²) in [6.07, 6.45) is 0. The Balaban J connectivity index is 1.42. The van der Waals surface area contributed by atoms with E-state index in [0.29, 0.717) is 31.9 Å². The summed E-state index contributed by atoms with van der Waals surface area (Å²) in [5, 5.41) is 3.70. The van der Waals surface area contributed by atoms with Crippen LogP contribution in [0.25, 0.3) is 10.2 Å². The van der Waals surface area contributed by atoms with Crippen LogP contribution in [-0.4, -0.2) is 54.7 Å². The van der Waals surface area contributed by atoms with Crippen molar-refractivity contribution in [2.24, 2.45) is 0 Å². The molecule has 7 nitrogen and oxygen atoms in total. The molecule has 158 valence electrons. The molecule has 2 aromatic carbocycles. The molecule has 30 heavy (non-hydrogen) atoms. The summed E-state index contributed by atoms with van der Waals surface area (Å²) in [5.74, 6) is -0.191. The van der Waals surface area contributed by atoms with E-state index in [-0.39, 0.29) is 16.8 Å². The van der Waals surface area contributed by atoms with E-state index in [1.54, 1.807) is 23.5 Å². The second kappa shape index (κ2) is 8.43. The Hall–Kier alpha value is -2.33. The number of carbonyl (C=O) groups is 1. The van der Waals surface area contributed by atoms with E-state index < -0.39 is 10.0 Å². The molecule has 1 aromatic heterocycles. The monoisotopic (exact) mass is 444 g/mol. The first-order chi connectivity index (χ1) is 14.3. The molecule has 0 unspecified atom stereocenters. The first-order valence-electron chi connectivity index (χ1n) is 9.82. The Morgan fingerprint density at radius 3 is 2.37 bits per heavy atom. The van der Waals surface area contributed by atoms with Crippen LogP contribution < -0.4 is 5.32 Å². The molecule has 0 radical (unpaired) electrons. The summed E-state index contributed by atoms with van der Waals surface area (Å²) in [5.41, 5.74) is 1.59. The number of rotatable bonds is 5. The average Bonchev–Trinajstić information content (AvgIpc) is 3.17. The predicted octanol–water partition coefficient (Wildman–Crippen LogP) is 3.32. The Bertz CT molecular complexity index is 1120. The van der Waals surface area contributed by atoms with Gasteiger partial charge in [0.25, 0.3) is 0 Å². The number of hydrogen-bond acceptors (Lipinski definition) is 6. The van der Waals surface area contributed by atoms with Crippen LogP contribution >= 0.6 is 11.3 Å². The van der Waals surface area contributed by atoms with Crippen LogP contribution in [0.3, 0.4) is 0 Å². The third-order valence-corrected chi connectivity index (χ3v) is 8.42. The second-order valence-electron chi connectivity index (χ2n) is 7.34. The number of nitrogens with one attached hydrogen (secondary N) is 1. The van der Waals surface area contributed by atoms with Gasteiger partial charge in [-0.2, -0.15) is 4.31 Å². The molecular formula is C21H24N4O3S2. The highest BCUT2D eigenvalue weighted by Crippen LogP contribution is 2.30. The zero-order chi connectivity index (χ0) is 21.3. The van der Waals surface area contributed by atoms with Gasteiger partial charge < -0.3 is 5.32 Å². The molecule has 2 heterocycles. The van der Waals surface area contributed by atoms with Crippen molar-refractivity contribution in [3.63, 3.8) is 0 Å². The predicted molar refractivity (Wildman–Crippen MR) is 119 cm³/mol. The van der Waals surface area contributed by atoms with Crippen LogP contribution in [0.4, 0.5) is 5.69 Å². The molecule has 0 saturated carbocycles. The van der Waals surface area contributed by atoms with Crippen molar-refractivity contribution < 1.29 is 13.2 Å². The van der Waals surface area contributed by atoms with Gasteiger partial charge in [0.2, 0.25) is 15.9 Å². The summed E-state index contributed by atoms with van der Waals surface area (Å²) >= 11 is 1.69. The summed E-state index contributed by atoms with van der Waals surface area (Å²) in [4.78, 5) is 18.4. The molecule has 0 spiro atoms.